The van der Waals surface area contributed by atoms with E-state index in [0.717, 1.165) is 0 Å². The van der Waals surface area contributed by atoms with Gasteiger partial charge >= 0.3 is 0 Å². The highest BCUT2D eigenvalue weighted by Crippen LogP contribution is 2.50. The number of likely N-dealkylation sites (tertiary alicyclic amines) is 1. The van der Waals surface area contributed by atoms with Crippen LogP contribution in [-0.2, 0) is 19.9 Å². The van der Waals surface area contributed by atoms with E-state index >= 15 is 0 Å². The molecule has 3 heterocycles. The third-order valence-electron chi connectivity index (χ3n) is 6.39. The maximum absolute atomic E-state index is 13.4. The first-order chi connectivity index (χ1) is 12.7. The van der Waals surface area contributed by atoms with E-state index < -0.39 is 29.5 Å². The Kier molecular flexibility index (Phi) is 4.10. The Morgan fingerprint density at radius 3 is 2.63 bits per heavy atom. The highest BCUT2D eigenvalue weighted by Gasteiger charge is 2.75. The lowest BCUT2D eigenvalue weighted by atomic mass is 9.76. The van der Waals surface area contributed by atoms with Crippen LogP contribution in [0.3, 0.4) is 0 Å². The Morgan fingerprint density at radius 2 is 2.00 bits per heavy atom. The predicted molar refractivity (Wildman–Crippen MR) is 97.7 cm³/mol. The summed E-state index contributed by atoms with van der Waals surface area (Å²) in [5.41, 5.74) is -0.0974. The fourth-order valence-corrected chi connectivity index (χ4v) is 5.11. The second-order valence-corrected chi connectivity index (χ2v) is 8.24. The van der Waals surface area contributed by atoms with Crippen LogP contribution in [0.4, 0.5) is 5.69 Å². The van der Waals surface area contributed by atoms with Crippen molar-refractivity contribution in [3.05, 3.63) is 28.8 Å². The van der Waals surface area contributed by atoms with Gasteiger partial charge in [-0.3, -0.25) is 19.3 Å². The number of aliphatic hydroxyl groups excluding tert-OH is 1. The molecule has 3 aliphatic heterocycles. The summed E-state index contributed by atoms with van der Waals surface area (Å²) >= 11 is 6.18. The molecule has 0 bridgehead atoms. The molecule has 4 rings (SSSR count). The van der Waals surface area contributed by atoms with Gasteiger partial charge < -0.3 is 15.7 Å². The lowest BCUT2D eigenvalue weighted by Crippen LogP contribution is -3.00. The number of imide groups is 1. The maximum Gasteiger partial charge on any atom is 0.291 e. The van der Waals surface area contributed by atoms with Crippen LogP contribution in [0.15, 0.2) is 18.2 Å². The Balaban J connectivity index is 1.92. The van der Waals surface area contributed by atoms with Crippen molar-refractivity contribution >= 4 is 35.0 Å². The minimum Gasteiger partial charge on any atom is -0.387 e. The van der Waals surface area contributed by atoms with E-state index in [0.29, 0.717) is 22.7 Å². The molecule has 0 aromatic heterocycles. The number of halogens is 1. The number of quaternary nitrogens is 1. The number of nitrogens with two attached hydrogens (primary N) is 1. The minimum absolute atomic E-state index is 0.259. The van der Waals surface area contributed by atoms with E-state index in [1.165, 1.54) is 4.90 Å². The number of anilines is 1. The number of carbonyl (C=O) groups is 3. The van der Waals surface area contributed by atoms with Crippen LogP contribution in [0.2, 0.25) is 5.02 Å². The van der Waals surface area contributed by atoms with Crippen molar-refractivity contribution in [1.29, 1.82) is 0 Å². The standard InChI is InChI=1S/C19H22ClN3O4/c1-4-8(2)23-16(25)13-14(17(23)26)19(22-15(13)9(3)24)11-7-10(20)5-6-12(11)21-18(19)27/h5-9,13-15,22,24H,4H2,1-3H3,(H,21,27)/p+1/t8-,9+,13-,14-,15+,19+/m0/s1. The minimum atomic E-state index is -1.29. The summed E-state index contributed by atoms with van der Waals surface area (Å²) in [7, 11) is 0. The van der Waals surface area contributed by atoms with E-state index in [2.05, 4.69) is 5.32 Å². The van der Waals surface area contributed by atoms with Gasteiger partial charge in [0.15, 0.2) is 0 Å². The molecule has 2 saturated heterocycles. The van der Waals surface area contributed by atoms with Gasteiger partial charge in [0.2, 0.25) is 17.4 Å². The van der Waals surface area contributed by atoms with Crippen molar-refractivity contribution in [2.45, 2.75) is 50.9 Å². The molecule has 1 spiro atoms. The summed E-state index contributed by atoms with van der Waals surface area (Å²) in [6.07, 6.45) is -0.233. The van der Waals surface area contributed by atoms with E-state index in [-0.39, 0.29) is 23.8 Å². The summed E-state index contributed by atoms with van der Waals surface area (Å²) in [6, 6.07) is 4.21. The predicted octanol–water partition coefficient (Wildman–Crippen LogP) is 0.214. The Labute approximate surface area is 162 Å². The first-order valence-corrected chi connectivity index (χ1v) is 9.64. The molecule has 144 valence electrons. The largest absolute Gasteiger partial charge is 0.387 e. The average molecular weight is 393 g/mol. The van der Waals surface area contributed by atoms with E-state index in [1.54, 1.807) is 30.4 Å². The van der Waals surface area contributed by atoms with Gasteiger partial charge in [-0.15, -0.1) is 0 Å². The fourth-order valence-electron chi connectivity index (χ4n) is 4.94. The molecule has 0 radical (unpaired) electrons. The summed E-state index contributed by atoms with van der Waals surface area (Å²) in [6.45, 7) is 5.32. The van der Waals surface area contributed by atoms with Crippen LogP contribution in [0.25, 0.3) is 0 Å². The number of benzene rings is 1. The number of amides is 3. The molecule has 0 aliphatic carbocycles. The monoisotopic (exact) mass is 392 g/mol. The molecule has 0 saturated carbocycles. The first kappa shape index (κ1) is 18.4. The highest BCUT2D eigenvalue weighted by molar-refractivity contribution is 6.31. The van der Waals surface area contributed by atoms with Crippen LogP contribution in [0.5, 0.6) is 0 Å². The lowest BCUT2D eigenvalue weighted by Gasteiger charge is -2.29. The van der Waals surface area contributed by atoms with Crippen LogP contribution < -0.4 is 10.6 Å². The highest BCUT2D eigenvalue weighted by atomic mass is 35.5. The zero-order chi connectivity index (χ0) is 19.7. The van der Waals surface area contributed by atoms with Crippen molar-refractivity contribution in [3.8, 4) is 0 Å². The van der Waals surface area contributed by atoms with Crippen LogP contribution in [0.1, 0.15) is 32.8 Å². The summed E-state index contributed by atoms with van der Waals surface area (Å²) in [5.74, 6) is -2.60. The smallest absolute Gasteiger partial charge is 0.291 e. The number of fused-ring (bicyclic) bond motifs is 4. The molecule has 1 aromatic rings. The van der Waals surface area contributed by atoms with Crippen molar-refractivity contribution in [1.82, 2.24) is 4.90 Å². The maximum atomic E-state index is 13.4. The quantitative estimate of drug-likeness (QED) is 0.640. The van der Waals surface area contributed by atoms with Gasteiger partial charge in [0.25, 0.3) is 5.91 Å². The summed E-state index contributed by atoms with van der Waals surface area (Å²) in [4.78, 5) is 40.9. The second-order valence-electron chi connectivity index (χ2n) is 7.80. The molecular formula is C19H23ClN3O4+. The van der Waals surface area contributed by atoms with Gasteiger partial charge in [-0.2, -0.15) is 0 Å². The molecule has 6 atom stereocenters. The Morgan fingerprint density at radius 1 is 1.30 bits per heavy atom. The van der Waals surface area contributed by atoms with E-state index in [4.69, 9.17) is 11.6 Å². The van der Waals surface area contributed by atoms with Crippen LogP contribution >= 0.6 is 11.6 Å². The van der Waals surface area contributed by atoms with Crippen molar-refractivity contribution in [2.24, 2.45) is 11.8 Å². The zero-order valence-corrected chi connectivity index (χ0v) is 16.2. The molecule has 4 N–H and O–H groups in total. The van der Waals surface area contributed by atoms with Gasteiger partial charge in [-0.05, 0) is 38.5 Å². The first-order valence-electron chi connectivity index (χ1n) is 9.26. The van der Waals surface area contributed by atoms with Crippen LogP contribution in [-0.4, -0.2) is 45.9 Å². The topological polar surface area (TPSA) is 103 Å². The number of rotatable bonds is 3. The van der Waals surface area contributed by atoms with Gasteiger partial charge in [-0.25, -0.2) is 0 Å². The molecule has 2 fully saturated rings. The van der Waals surface area contributed by atoms with Gasteiger partial charge in [-0.1, -0.05) is 18.5 Å². The van der Waals surface area contributed by atoms with Crippen molar-refractivity contribution < 1.29 is 24.8 Å². The molecule has 27 heavy (non-hydrogen) atoms. The van der Waals surface area contributed by atoms with Crippen molar-refractivity contribution in [3.63, 3.8) is 0 Å². The average Bonchev–Trinajstić information content (AvgIpc) is 3.20. The van der Waals surface area contributed by atoms with Gasteiger partial charge in [0, 0.05) is 16.6 Å². The summed E-state index contributed by atoms with van der Waals surface area (Å²) in [5, 5.41) is 15.3. The third-order valence-corrected chi connectivity index (χ3v) is 6.62. The fraction of sp³-hybridized carbons (Fsp3) is 0.526. The number of hydrogen-bond donors (Lipinski definition) is 3. The number of nitrogens with one attached hydrogen (secondary N) is 1. The third kappa shape index (κ3) is 2.25. The van der Waals surface area contributed by atoms with Crippen LogP contribution in [0, 0.1) is 11.8 Å². The normalized spacial score (nSPS) is 34.0. The molecule has 7 nitrogen and oxygen atoms in total. The molecular weight excluding hydrogens is 370 g/mol. The van der Waals surface area contributed by atoms with E-state index in [9.17, 15) is 19.5 Å². The number of hydrogen-bond acceptors (Lipinski definition) is 4. The second kappa shape index (κ2) is 6.02. The Bertz CT molecular complexity index is 857. The van der Waals surface area contributed by atoms with E-state index in [1.807, 2.05) is 13.8 Å². The SMILES string of the molecule is CC[C@H](C)N1C(=O)[C@@H]2[C@@H]([C@@H](C)O)[NH2+][C@@]3(C(=O)Nc4ccc(Cl)cc43)[C@@H]2C1=O. The Hall–Kier alpha value is -1.96. The molecule has 8 heteroatoms. The molecule has 3 aliphatic rings. The molecule has 3 amide bonds. The summed E-state index contributed by atoms with van der Waals surface area (Å²) < 4.78 is 0. The molecule has 0 unspecified atom stereocenters. The number of aliphatic hydroxyl groups is 1. The van der Waals surface area contributed by atoms with Gasteiger partial charge in [0.05, 0.1) is 5.69 Å². The molecule has 1 aromatic carbocycles. The van der Waals surface area contributed by atoms with Gasteiger partial charge in [0.1, 0.15) is 24.0 Å². The zero-order valence-electron chi connectivity index (χ0n) is 15.4. The van der Waals surface area contributed by atoms with Crippen molar-refractivity contribution in [2.75, 3.05) is 5.32 Å². The lowest BCUT2D eigenvalue weighted by molar-refractivity contribution is -0.738. The number of nitrogens with zero attached hydrogens (tertiary/aromatic N) is 1. The number of carbonyl (C=O) groups excluding carboxylic acids is 3.